The molecule has 1 aliphatic rings. The smallest absolute Gasteiger partial charge is 0.240 e. The molecule has 2 aromatic carbocycles. The Kier molecular flexibility index (Phi) is 4.52. The van der Waals surface area contributed by atoms with Crippen molar-refractivity contribution >= 4 is 11.6 Å². The van der Waals surface area contributed by atoms with Crippen molar-refractivity contribution in [3.8, 4) is 16.9 Å². The van der Waals surface area contributed by atoms with Crippen LogP contribution in [0.5, 0.6) is 0 Å². The van der Waals surface area contributed by atoms with Crippen LogP contribution in [0.1, 0.15) is 30.7 Å². The van der Waals surface area contributed by atoms with E-state index in [0.29, 0.717) is 6.42 Å². The summed E-state index contributed by atoms with van der Waals surface area (Å²) in [6.45, 7) is 1.52. The van der Waals surface area contributed by atoms with Gasteiger partial charge in [-0.05, 0) is 24.3 Å². The van der Waals surface area contributed by atoms with E-state index < -0.39 is 0 Å². The molecule has 4 aromatic rings. The van der Waals surface area contributed by atoms with Gasteiger partial charge in [-0.3, -0.25) is 4.79 Å². The maximum Gasteiger partial charge on any atom is 0.240 e. The largest absolute Gasteiger partial charge is 0.467 e. The standard InChI is InChI=1S/C24H20N4O2/c1-17(29)28-22(23-13-8-14-30-23)15-21(25-28)20-16-27(19-11-6-3-7-12-19)26-24(20)18-9-4-2-5-10-18/h2-14,16,22H,15H2,1H3. The van der Waals surface area contributed by atoms with Gasteiger partial charge in [-0.25, -0.2) is 9.69 Å². The predicted molar refractivity (Wildman–Crippen MR) is 114 cm³/mol. The molecule has 0 bridgehead atoms. The van der Waals surface area contributed by atoms with E-state index in [1.807, 2.05) is 83.7 Å². The van der Waals surface area contributed by atoms with E-state index in [4.69, 9.17) is 9.52 Å². The Morgan fingerprint density at radius 1 is 1.00 bits per heavy atom. The SMILES string of the molecule is CC(=O)N1N=C(c2cn(-c3ccccc3)nc2-c2ccccc2)CC1c1ccco1. The van der Waals surface area contributed by atoms with E-state index >= 15 is 0 Å². The number of benzene rings is 2. The highest BCUT2D eigenvalue weighted by Gasteiger charge is 2.34. The number of hydrogen-bond donors (Lipinski definition) is 0. The molecule has 0 radical (unpaired) electrons. The number of rotatable bonds is 4. The predicted octanol–water partition coefficient (Wildman–Crippen LogP) is 4.83. The molecular weight excluding hydrogens is 376 g/mol. The van der Waals surface area contributed by atoms with Gasteiger partial charge in [-0.15, -0.1) is 0 Å². The lowest BCUT2D eigenvalue weighted by atomic mass is 10.00. The summed E-state index contributed by atoms with van der Waals surface area (Å²) >= 11 is 0. The maximum absolute atomic E-state index is 12.3. The van der Waals surface area contributed by atoms with Crippen molar-refractivity contribution in [2.75, 3.05) is 0 Å². The molecule has 0 aliphatic carbocycles. The van der Waals surface area contributed by atoms with Crippen molar-refractivity contribution in [2.24, 2.45) is 5.10 Å². The maximum atomic E-state index is 12.3. The van der Waals surface area contributed by atoms with Crippen molar-refractivity contribution in [3.05, 3.63) is 96.6 Å². The van der Waals surface area contributed by atoms with Crippen molar-refractivity contribution < 1.29 is 9.21 Å². The molecule has 1 atom stereocenters. The van der Waals surface area contributed by atoms with Crippen LogP contribution in [0.25, 0.3) is 16.9 Å². The van der Waals surface area contributed by atoms with Gasteiger partial charge in [0, 0.05) is 30.7 Å². The number of nitrogens with zero attached hydrogens (tertiary/aromatic N) is 4. The molecule has 6 heteroatoms. The molecule has 1 amide bonds. The van der Waals surface area contributed by atoms with Gasteiger partial charge < -0.3 is 4.42 Å². The number of para-hydroxylation sites is 1. The second kappa shape index (κ2) is 7.48. The number of hydrazone groups is 1. The van der Waals surface area contributed by atoms with E-state index in [2.05, 4.69) is 5.10 Å². The van der Waals surface area contributed by atoms with Gasteiger partial charge in [0.15, 0.2) is 0 Å². The normalized spacial score (nSPS) is 16.0. The first-order chi connectivity index (χ1) is 14.7. The summed E-state index contributed by atoms with van der Waals surface area (Å²) in [7, 11) is 0. The topological polar surface area (TPSA) is 63.6 Å². The number of aromatic nitrogens is 2. The highest BCUT2D eigenvalue weighted by atomic mass is 16.3. The van der Waals surface area contributed by atoms with Crippen LogP contribution in [-0.4, -0.2) is 26.4 Å². The Balaban J connectivity index is 1.62. The molecule has 1 aliphatic heterocycles. The lowest BCUT2D eigenvalue weighted by Crippen LogP contribution is -2.23. The third-order valence-corrected chi connectivity index (χ3v) is 5.20. The molecule has 0 fully saturated rings. The summed E-state index contributed by atoms with van der Waals surface area (Å²) < 4.78 is 7.44. The van der Waals surface area contributed by atoms with Crippen LogP contribution < -0.4 is 0 Å². The van der Waals surface area contributed by atoms with Crippen LogP contribution in [0.2, 0.25) is 0 Å². The fourth-order valence-electron chi connectivity index (χ4n) is 3.77. The summed E-state index contributed by atoms with van der Waals surface area (Å²) in [4.78, 5) is 12.3. The third-order valence-electron chi connectivity index (χ3n) is 5.20. The fourth-order valence-corrected chi connectivity index (χ4v) is 3.77. The van der Waals surface area contributed by atoms with Gasteiger partial charge in [0.1, 0.15) is 17.5 Å². The van der Waals surface area contributed by atoms with E-state index in [0.717, 1.165) is 34.0 Å². The second-order valence-electron chi connectivity index (χ2n) is 7.18. The molecule has 2 aromatic heterocycles. The van der Waals surface area contributed by atoms with Gasteiger partial charge in [-0.2, -0.15) is 10.2 Å². The number of carbonyl (C=O) groups is 1. The summed E-state index contributed by atoms with van der Waals surface area (Å²) in [5.74, 6) is 0.601. The summed E-state index contributed by atoms with van der Waals surface area (Å²) in [6.07, 6.45) is 4.17. The first kappa shape index (κ1) is 18.1. The van der Waals surface area contributed by atoms with Gasteiger partial charge in [-0.1, -0.05) is 48.5 Å². The minimum absolute atomic E-state index is 0.122. The van der Waals surface area contributed by atoms with Crippen LogP contribution >= 0.6 is 0 Å². The van der Waals surface area contributed by atoms with Gasteiger partial charge >= 0.3 is 0 Å². The van der Waals surface area contributed by atoms with Crippen LogP contribution in [-0.2, 0) is 4.79 Å². The van der Waals surface area contributed by atoms with Crippen LogP contribution in [0.3, 0.4) is 0 Å². The fraction of sp³-hybridized carbons (Fsp3) is 0.125. The van der Waals surface area contributed by atoms with Crippen molar-refractivity contribution in [1.82, 2.24) is 14.8 Å². The monoisotopic (exact) mass is 396 g/mol. The van der Waals surface area contributed by atoms with E-state index in [1.165, 1.54) is 11.9 Å². The molecule has 1 unspecified atom stereocenters. The van der Waals surface area contributed by atoms with Crippen molar-refractivity contribution in [1.29, 1.82) is 0 Å². The third kappa shape index (κ3) is 3.22. The average Bonchev–Trinajstić information content (AvgIpc) is 3.53. The van der Waals surface area contributed by atoms with Crippen molar-refractivity contribution in [2.45, 2.75) is 19.4 Å². The van der Waals surface area contributed by atoms with Gasteiger partial charge in [0.05, 0.1) is 17.7 Å². The molecule has 0 saturated heterocycles. The van der Waals surface area contributed by atoms with Crippen LogP contribution in [0, 0.1) is 0 Å². The first-order valence-electron chi connectivity index (χ1n) is 9.82. The highest BCUT2D eigenvalue weighted by Crippen LogP contribution is 2.35. The Hall–Kier alpha value is -3.93. The Morgan fingerprint density at radius 2 is 1.73 bits per heavy atom. The van der Waals surface area contributed by atoms with Gasteiger partial charge in [0.2, 0.25) is 5.91 Å². The van der Waals surface area contributed by atoms with Gasteiger partial charge in [0.25, 0.3) is 0 Å². The van der Waals surface area contributed by atoms with E-state index in [9.17, 15) is 4.79 Å². The molecule has 30 heavy (non-hydrogen) atoms. The second-order valence-corrected chi connectivity index (χ2v) is 7.18. The molecule has 148 valence electrons. The molecule has 6 nitrogen and oxygen atoms in total. The molecule has 0 spiro atoms. The summed E-state index contributed by atoms with van der Waals surface area (Å²) in [6, 6.07) is 23.4. The number of carbonyl (C=O) groups excluding carboxylic acids is 1. The number of amides is 1. The number of furan rings is 1. The molecule has 5 rings (SSSR count). The highest BCUT2D eigenvalue weighted by molar-refractivity contribution is 6.07. The lowest BCUT2D eigenvalue weighted by Gasteiger charge is -2.17. The summed E-state index contributed by atoms with van der Waals surface area (Å²) in [5.41, 5.74) is 4.52. The zero-order valence-corrected chi connectivity index (χ0v) is 16.5. The lowest BCUT2D eigenvalue weighted by molar-refractivity contribution is -0.130. The zero-order chi connectivity index (χ0) is 20.5. The minimum atomic E-state index is -0.254. The molecule has 0 saturated carbocycles. The first-order valence-corrected chi connectivity index (χ1v) is 9.82. The zero-order valence-electron chi connectivity index (χ0n) is 16.5. The Morgan fingerprint density at radius 3 is 2.40 bits per heavy atom. The van der Waals surface area contributed by atoms with Crippen molar-refractivity contribution in [3.63, 3.8) is 0 Å². The number of hydrogen-bond acceptors (Lipinski definition) is 4. The minimum Gasteiger partial charge on any atom is -0.467 e. The van der Waals surface area contributed by atoms with E-state index in [1.54, 1.807) is 6.26 Å². The van der Waals surface area contributed by atoms with E-state index in [-0.39, 0.29) is 11.9 Å². The Bertz CT molecular complexity index is 1190. The molecule has 3 heterocycles. The van der Waals surface area contributed by atoms with Crippen LogP contribution in [0.15, 0.2) is 94.8 Å². The average molecular weight is 396 g/mol. The van der Waals surface area contributed by atoms with Crippen LogP contribution in [0.4, 0.5) is 0 Å². The molecule has 0 N–H and O–H groups in total. The quantitative estimate of drug-likeness (QED) is 0.496. The molecular formula is C24H20N4O2. The summed E-state index contributed by atoms with van der Waals surface area (Å²) in [5, 5.41) is 11.0. The Labute approximate surface area is 174 Å².